The predicted octanol–water partition coefficient (Wildman–Crippen LogP) is 2.59. The normalized spacial score (nSPS) is 10.5. The van der Waals surface area contributed by atoms with Crippen LogP contribution in [0, 0.1) is 14.8 Å². The van der Waals surface area contributed by atoms with Gasteiger partial charge in [-0.2, -0.15) is 0 Å². The van der Waals surface area contributed by atoms with Crippen LogP contribution < -0.4 is 0 Å². The molecule has 0 amide bonds. The summed E-state index contributed by atoms with van der Waals surface area (Å²) in [7, 11) is 1.58. The molecule has 0 radical (unpaired) electrons. The molecular formula is C11H11N3O3S. The van der Waals surface area contributed by atoms with Gasteiger partial charge in [-0.25, -0.2) is 4.68 Å². The monoisotopic (exact) mass is 265 g/mol. The summed E-state index contributed by atoms with van der Waals surface area (Å²) in [6.07, 6.45) is 0. The summed E-state index contributed by atoms with van der Waals surface area (Å²) in [4.78, 5) is 10.3. The predicted molar refractivity (Wildman–Crippen MR) is 68.3 cm³/mol. The van der Waals surface area contributed by atoms with Crippen molar-refractivity contribution in [2.45, 2.75) is 6.61 Å². The number of hydrogen-bond acceptors (Lipinski definition) is 4. The molecule has 1 N–H and O–H groups in total. The Bertz CT molecular complexity index is 632. The third-order valence-corrected chi connectivity index (χ3v) is 2.67. The van der Waals surface area contributed by atoms with Crippen molar-refractivity contribution >= 4 is 17.9 Å². The number of non-ortho nitro benzene ring substituents is 1. The van der Waals surface area contributed by atoms with E-state index >= 15 is 0 Å². The minimum absolute atomic E-state index is 0.0253. The minimum atomic E-state index is -0.438. The van der Waals surface area contributed by atoms with Gasteiger partial charge in [0, 0.05) is 19.2 Å². The molecule has 0 unspecified atom stereocenters. The highest BCUT2D eigenvalue weighted by Crippen LogP contribution is 2.17. The van der Waals surface area contributed by atoms with Gasteiger partial charge in [0.2, 0.25) is 0 Å². The summed E-state index contributed by atoms with van der Waals surface area (Å²) in [5.74, 6) is 0. The first kappa shape index (κ1) is 12.5. The maximum Gasteiger partial charge on any atom is 0.271 e. The highest BCUT2D eigenvalue weighted by molar-refractivity contribution is 7.71. The fourth-order valence-corrected chi connectivity index (χ4v) is 1.90. The second-order valence-corrected chi connectivity index (χ2v) is 4.08. The number of nitro benzene ring substituents is 1. The van der Waals surface area contributed by atoms with E-state index < -0.39 is 4.92 Å². The van der Waals surface area contributed by atoms with E-state index in [0.29, 0.717) is 16.9 Å². The molecule has 7 heteroatoms. The molecule has 0 saturated carbocycles. The Kier molecular flexibility index (Phi) is 3.54. The molecule has 1 aromatic heterocycles. The fraction of sp³-hybridized carbons (Fsp3) is 0.182. The highest BCUT2D eigenvalue weighted by Gasteiger charge is 2.08. The number of benzene rings is 1. The standard InChI is InChI=1S/C11H11N3O3S/c1-17-7-8-5-11(18)13(12-8)9-3-2-4-10(6-9)14(15)16/h2-6,12H,7H2,1H3. The number of aromatic nitrogens is 2. The van der Waals surface area contributed by atoms with Crippen LogP contribution in [0.5, 0.6) is 0 Å². The lowest BCUT2D eigenvalue weighted by atomic mass is 10.3. The van der Waals surface area contributed by atoms with Gasteiger partial charge in [-0.3, -0.25) is 15.2 Å². The number of nitrogens with one attached hydrogen (secondary N) is 1. The molecule has 0 aliphatic heterocycles. The number of nitro groups is 1. The number of aromatic amines is 1. The van der Waals surface area contributed by atoms with Crippen molar-refractivity contribution in [3.05, 3.63) is 50.8 Å². The summed E-state index contributed by atoms with van der Waals surface area (Å²) in [6.45, 7) is 0.408. The average molecular weight is 265 g/mol. The van der Waals surface area contributed by atoms with E-state index in [1.807, 2.05) is 0 Å². The van der Waals surface area contributed by atoms with Crippen LogP contribution in [0.15, 0.2) is 30.3 Å². The van der Waals surface area contributed by atoms with Crippen molar-refractivity contribution in [1.82, 2.24) is 9.78 Å². The minimum Gasteiger partial charge on any atom is -0.378 e. The Morgan fingerprint density at radius 3 is 2.94 bits per heavy atom. The van der Waals surface area contributed by atoms with Gasteiger partial charge >= 0.3 is 0 Å². The van der Waals surface area contributed by atoms with E-state index in [2.05, 4.69) is 5.10 Å². The lowest BCUT2D eigenvalue weighted by Crippen LogP contribution is -1.99. The average Bonchev–Trinajstić information content (AvgIpc) is 2.71. The van der Waals surface area contributed by atoms with Crippen LogP contribution in [-0.2, 0) is 11.3 Å². The summed E-state index contributed by atoms with van der Waals surface area (Å²) >= 11 is 5.18. The maximum absolute atomic E-state index is 10.7. The number of nitrogens with zero attached hydrogens (tertiary/aromatic N) is 2. The first-order valence-electron chi connectivity index (χ1n) is 5.16. The molecule has 2 rings (SSSR count). The molecule has 1 aromatic carbocycles. The van der Waals surface area contributed by atoms with Crippen LogP contribution in [0.3, 0.4) is 0 Å². The van der Waals surface area contributed by atoms with Crippen LogP contribution in [0.25, 0.3) is 5.69 Å². The smallest absolute Gasteiger partial charge is 0.271 e. The van der Waals surface area contributed by atoms with Crippen LogP contribution in [0.1, 0.15) is 5.69 Å². The van der Waals surface area contributed by atoms with E-state index in [1.165, 1.54) is 12.1 Å². The molecule has 1 heterocycles. The lowest BCUT2D eigenvalue weighted by Gasteiger charge is -2.02. The Hall–Kier alpha value is -1.99. The van der Waals surface area contributed by atoms with Crippen LogP contribution in [0.2, 0.25) is 0 Å². The van der Waals surface area contributed by atoms with Gasteiger partial charge in [0.25, 0.3) is 5.69 Å². The molecule has 0 bridgehead atoms. The maximum atomic E-state index is 10.7. The molecule has 0 saturated heterocycles. The van der Waals surface area contributed by atoms with Crippen molar-refractivity contribution in [3.63, 3.8) is 0 Å². The summed E-state index contributed by atoms with van der Waals surface area (Å²) in [5.41, 5.74) is 1.46. The summed E-state index contributed by atoms with van der Waals surface area (Å²) < 4.78 is 7.15. The Morgan fingerprint density at radius 1 is 1.50 bits per heavy atom. The fourth-order valence-electron chi connectivity index (χ4n) is 1.61. The number of H-pyrrole nitrogens is 1. The Morgan fingerprint density at radius 2 is 2.28 bits per heavy atom. The van der Waals surface area contributed by atoms with Crippen molar-refractivity contribution in [2.24, 2.45) is 0 Å². The van der Waals surface area contributed by atoms with E-state index in [9.17, 15) is 10.1 Å². The first-order chi connectivity index (χ1) is 8.61. The summed E-state index contributed by atoms with van der Waals surface area (Å²) in [6, 6.07) is 8.02. The molecule has 94 valence electrons. The Labute approximate surface area is 108 Å². The topological polar surface area (TPSA) is 73.1 Å². The quantitative estimate of drug-likeness (QED) is 0.524. The van der Waals surface area contributed by atoms with Crippen LogP contribution >= 0.6 is 12.2 Å². The van der Waals surface area contributed by atoms with Gasteiger partial charge in [0.1, 0.15) is 4.64 Å². The van der Waals surface area contributed by atoms with Gasteiger partial charge in [0.05, 0.1) is 22.9 Å². The van der Waals surface area contributed by atoms with E-state index in [-0.39, 0.29) is 5.69 Å². The number of rotatable bonds is 4. The third kappa shape index (κ3) is 2.47. The van der Waals surface area contributed by atoms with Gasteiger partial charge in [-0.15, -0.1) is 0 Å². The lowest BCUT2D eigenvalue weighted by molar-refractivity contribution is -0.384. The zero-order valence-corrected chi connectivity index (χ0v) is 10.4. The molecule has 0 aliphatic carbocycles. The van der Waals surface area contributed by atoms with Crippen molar-refractivity contribution in [2.75, 3.05) is 7.11 Å². The second kappa shape index (κ2) is 5.11. The van der Waals surface area contributed by atoms with E-state index in [0.717, 1.165) is 5.69 Å². The largest absolute Gasteiger partial charge is 0.378 e. The second-order valence-electron chi connectivity index (χ2n) is 3.67. The Balaban J connectivity index is 2.45. The van der Waals surface area contributed by atoms with Crippen molar-refractivity contribution < 1.29 is 9.66 Å². The number of hydrogen-bond donors (Lipinski definition) is 1. The third-order valence-electron chi connectivity index (χ3n) is 2.37. The van der Waals surface area contributed by atoms with Gasteiger partial charge < -0.3 is 4.74 Å². The number of methoxy groups -OCH3 is 1. The van der Waals surface area contributed by atoms with Crippen molar-refractivity contribution in [3.8, 4) is 5.69 Å². The first-order valence-corrected chi connectivity index (χ1v) is 5.57. The zero-order valence-electron chi connectivity index (χ0n) is 9.62. The van der Waals surface area contributed by atoms with Crippen LogP contribution in [-0.4, -0.2) is 21.8 Å². The SMILES string of the molecule is COCc1cc(=S)n(-c2cccc([N+](=O)[O-])c2)[nH]1. The molecule has 0 atom stereocenters. The van der Waals surface area contributed by atoms with E-state index in [4.69, 9.17) is 17.0 Å². The van der Waals surface area contributed by atoms with Gasteiger partial charge in [-0.1, -0.05) is 18.3 Å². The van der Waals surface area contributed by atoms with Gasteiger partial charge in [-0.05, 0) is 12.1 Å². The van der Waals surface area contributed by atoms with Crippen molar-refractivity contribution in [1.29, 1.82) is 0 Å². The molecule has 0 spiro atoms. The molecule has 0 aliphatic rings. The summed E-state index contributed by atoms with van der Waals surface area (Å²) in [5, 5.41) is 13.7. The van der Waals surface area contributed by atoms with E-state index in [1.54, 1.807) is 30.0 Å². The molecule has 18 heavy (non-hydrogen) atoms. The molecule has 0 fully saturated rings. The molecule has 6 nitrogen and oxygen atoms in total. The highest BCUT2D eigenvalue weighted by atomic mass is 32.1. The molecular weight excluding hydrogens is 254 g/mol. The number of ether oxygens (including phenoxy) is 1. The molecule has 2 aromatic rings. The van der Waals surface area contributed by atoms with Gasteiger partial charge in [0.15, 0.2) is 0 Å². The zero-order chi connectivity index (χ0) is 13.1. The van der Waals surface area contributed by atoms with Crippen LogP contribution in [0.4, 0.5) is 5.69 Å².